The van der Waals surface area contributed by atoms with Gasteiger partial charge in [0, 0.05) is 11.1 Å². The van der Waals surface area contributed by atoms with Gasteiger partial charge in [0.2, 0.25) is 0 Å². The number of aryl methyl sites for hydroxylation is 1. The lowest BCUT2D eigenvalue weighted by molar-refractivity contribution is 0.273. The lowest BCUT2D eigenvalue weighted by Gasteiger charge is -2.19. The van der Waals surface area contributed by atoms with E-state index in [-0.39, 0.29) is 0 Å². The second-order valence-corrected chi connectivity index (χ2v) is 13.2. The first-order valence-corrected chi connectivity index (χ1v) is 16.3. The minimum Gasteiger partial charge on any atom is -0.416 e. The number of hydrogen-bond acceptors (Lipinski definition) is 4. The van der Waals surface area contributed by atoms with Crippen molar-refractivity contribution in [2.75, 3.05) is 12.4 Å². The molecule has 3 aromatic rings. The highest BCUT2D eigenvalue weighted by Gasteiger charge is 2.27. The zero-order valence-corrected chi connectivity index (χ0v) is 22.9. The van der Waals surface area contributed by atoms with Crippen LogP contribution in [-0.4, -0.2) is 12.4 Å². The van der Waals surface area contributed by atoms with E-state index in [1.807, 2.05) is 12.1 Å². The molecule has 186 valence electrons. The number of hydrogen-bond donors (Lipinski definition) is 0. The Morgan fingerprint density at radius 1 is 0.765 bits per heavy atom. The Hall–Kier alpha value is -1.48. The van der Waals surface area contributed by atoms with Gasteiger partial charge in [0.25, 0.3) is 0 Å². The Kier molecular flexibility index (Phi) is 11.3. The Labute approximate surface area is 210 Å². The first-order chi connectivity index (χ1) is 16.6. The van der Waals surface area contributed by atoms with E-state index in [0.29, 0.717) is 12.4 Å². The molecule has 0 saturated carbocycles. The van der Waals surface area contributed by atoms with Crippen LogP contribution in [0.25, 0.3) is 21.5 Å². The Morgan fingerprint density at radius 3 is 2.32 bits per heavy atom. The minimum atomic E-state index is -3.29. The van der Waals surface area contributed by atoms with Crippen LogP contribution in [0.4, 0.5) is 0 Å². The highest BCUT2D eigenvalue weighted by molar-refractivity contribution is 8.55. The summed E-state index contributed by atoms with van der Waals surface area (Å²) in [5, 5.41) is 4.51. The maximum absolute atomic E-state index is 13.6. The number of unbranched alkanes of at least 4 members (excludes halogenated alkanes) is 6. The average molecular weight is 501 g/mol. The summed E-state index contributed by atoms with van der Waals surface area (Å²) in [5.41, 5.74) is 1.38. The van der Waals surface area contributed by atoms with Crippen molar-refractivity contribution in [2.45, 2.75) is 85.0 Å². The predicted molar refractivity (Wildman–Crippen MR) is 150 cm³/mol. The monoisotopic (exact) mass is 500 g/mol. The van der Waals surface area contributed by atoms with Gasteiger partial charge in [0.05, 0.1) is 6.61 Å². The lowest BCUT2D eigenvalue weighted by Crippen LogP contribution is -1.99. The maximum atomic E-state index is 13.6. The van der Waals surface area contributed by atoms with E-state index in [9.17, 15) is 4.57 Å². The fraction of sp³-hybridized carbons (Fsp3) is 0.517. The van der Waals surface area contributed by atoms with Gasteiger partial charge in [-0.25, -0.2) is 4.57 Å². The van der Waals surface area contributed by atoms with Crippen molar-refractivity contribution in [1.29, 1.82) is 0 Å². The smallest absolute Gasteiger partial charge is 0.416 e. The largest absolute Gasteiger partial charge is 0.440 e. The molecule has 0 fully saturated rings. The number of benzene rings is 3. The molecule has 0 aliphatic carbocycles. The summed E-state index contributed by atoms with van der Waals surface area (Å²) in [6.45, 7) is 3.71. The maximum Gasteiger partial charge on any atom is 0.440 e. The van der Waals surface area contributed by atoms with Crippen molar-refractivity contribution in [2.24, 2.45) is 0 Å². The molecular formula is C29H41O3PS. The number of fused-ring (bicyclic) bond motifs is 2. The normalized spacial score (nSPS) is 13.4. The van der Waals surface area contributed by atoms with Crippen molar-refractivity contribution >= 4 is 39.7 Å². The van der Waals surface area contributed by atoms with Gasteiger partial charge in [0.1, 0.15) is 5.75 Å². The van der Waals surface area contributed by atoms with Crippen LogP contribution < -0.4 is 4.52 Å². The highest BCUT2D eigenvalue weighted by atomic mass is 32.7. The van der Waals surface area contributed by atoms with Gasteiger partial charge in [0.15, 0.2) is 0 Å². The second kappa shape index (κ2) is 14.2. The van der Waals surface area contributed by atoms with Crippen molar-refractivity contribution in [3.8, 4) is 5.75 Å². The van der Waals surface area contributed by atoms with Crippen LogP contribution in [0, 0.1) is 0 Å². The zero-order valence-electron chi connectivity index (χ0n) is 21.2. The molecular weight excluding hydrogens is 459 g/mol. The van der Waals surface area contributed by atoms with Crippen molar-refractivity contribution in [3.63, 3.8) is 0 Å². The Morgan fingerprint density at radius 2 is 1.56 bits per heavy atom. The molecule has 0 bridgehead atoms. The minimum absolute atomic E-state index is 0.475. The third kappa shape index (κ3) is 8.04. The zero-order chi connectivity index (χ0) is 24.2. The topological polar surface area (TPSA) is 35.5 Å². The quantitative estimate of drug-likeness (QED) is 0.111. The van der Waals surface area contributed by atoms with Crippen molar-refractivity contribution in [3.05, 3.63) is 54.1 Å². The summed E-state index contributed by atoms with van der Waals surface area (Å²) < 4.78 is 25.7. The molecule has 3 nitrogen and oxygen atoms in total. The molecule has 3 rings (SSSR count). The third-order valence-electron chi connectivity index (χ3n) is 6.09. The second-order valence-electron chi connectivity index (χ2n) is 9.09. The van der Waals surface area contributed by atoms with E-state index in [0.717, 1.165) is 42.2 Å². The molecule has 0 saturated heterocycles. The van der Waals surface area contributed by atoms with Crippen LogP contribution in [0.2, 0.25) is 0 Å². The molecule has 0 aromatic heterocycles. The molecule has 0 spiro atoms. The summed E-state index contributed by atoms with van der Waals surface area (Å²) in [5.74, 6) is 1.40. The SMILES string of the molecule is CCCCCCOP(=O)(Oc1cccc2cc3ccc(CCCCCC)cc3cc12)SCCC. The van der Waals surface area contributed by atoms with Crippen LogP contribution in [0.15, 0.2) is 48.5 Å². The average Bonchev–Trinajstić information content (AvgIpc) is 2.84. The highest BCUT2D eigenvalue weighted by Crippen LogP contribution is 2.61. The molecule has 1 atom stereocenters. The molecule has 0 amide bonds. The Balaban J connectivity index is 1.83. The van der Waals surface area contributed by atoms with Crippen LogP contribution in [0.5, 0.6) is 5.75 Å². The summed E-state index contributed by atoms with van der Waals surface area (Å²) >= 11 is 1.32. The van der Waals surface area contributed by atoms with E-state index in [4.69, 9.17) is 9.05 Å². The standard InChI is InChI=1S/C29H41O3PS/c1-4-7-9-11-14-24-17-18-25-22-26-15-13-16-29(28(26)23-27(25)21-24)32-33(30,34-20-6-3)31-19-12-10-8-5-2/h13,15-18,21-23H,4-12,14,19-20H2,1-3H3. The van der Waals surface area contributed by atoms with Crippen LogP contribution in [-0.2, 0) is 15.5 Å². The predicted octanol–water partition coefficient (Wildman–Crippen LogP) is 10.3. The van der Waals surface area contributed by atoms with Gasteiger partial charge in [-0.3, -0.25) is 4.52 Å². The lowest BCUT2D eigenvalue weighted by atomic mass is 9.99. The fourth-order valence-corrected chi connectivity index (χ4v) is 7.56. The van der Waals surface area contributed by atoms with E-state index in [2.05, 4.69) is 57.2 Å². The molecule has 3 aromatic carbocycles. The molecule has 0 N–H and O–H groups in total. The third-order valence-corrected chi connectivity index (χ3v) is 9.95. The van der Waals surface area contributed by atoms with Crippen LogP contribution >= 0.6 is 18.2 Å². The molecule has 34 heavy (non-hydrogen) atoms. The molecule has 0 aliphatic rings. The van der Waals surface area contributed by atoms with Crippen molar-refractivity contribution < 1.29 is 13.6 Å². The van der Waals surface area contributed by atoms with Gasteiger partial charge in [-0.05, 0) is 77.0 Å². The Bertz CT molecular complexity index is 1080. The summed E-state index contributed by atoms with van der Waals surface area (Å²) in [4.78, 5) is 0. The summed E-state index contributed by atoms with van der Waals surface area (Å²) in [7, 11) is 0. The van der Waals surface area contributed by atoms with Crippen LogP contribution in [0.1, 0.15) is 84.1 Å². The number of rotatable bonds is 16. The van der Waals surface area contributed by atoms with Gasteiger partial charge < -0.3 is 4.52 Å². The first-order valence-electron chi connectivity index (χ1n) is 13.1. The summed E-state index contributed by atoms with van der Waals surface area (Å²) in [6.07, 6.45) is 11.5. The first kappa shape index (κ1) is 27.1. The molecule has 0 aliphatic heterocycles. The molecule has 1 unspecified atom stereocenters. The fourth-order valence-electron chi connectivity index (χ4n) is 4.15. The van der Waals surface area contributed by atoms with E-state index in [1.54, 1.807) is 0 Å². The molecule has 0 heterocycles. The summed E-state index contributed by atoms with van der Waals surface area (Å²) in [6, 6.07) is 17.1. The van der Waals surface area contributed by atoms with Crippen LogP contribution in [0.3, 0.4) is 0 Å². The van der Waals surface area contributed by atoms with E-state index in [1.165, 1.54) is 66.2 Å². The van der Waals surface area contributed by atoms with Gasteiger partial charge in [-0.1, -0.05) is 89.6 Å². The molecule has 0 radical (unpaired) electrons. The van der Waals surface area contributed by atoms with E-state index < -0.39 is 6.80 Å². The van der Waals surface area contributed by atoms with Crippen molar-refractivity contribution in [1.82, 2.24) is 0 Å². The van der Waals surface area contributed by atoms with E-state index >= 15 is 0 Å². The molecule has 5 heteroatoms. The van der Waals surface area contributed by atoms with Gasteiger partial charge >= 0.3 is 6.80 Å². The van der Waals surface area contributed by atoms with Gasteiger partial charge in [-0.15, -0.1) is 0 Å². The van der Waals surface area contributed by atoms with Gasteiger partial charge in [-0.2, -0.15) is 0 Å².